The highest BCUT2D eigenvalue weighted by atomic mass is 19.4. The van der Waals surface area contributed by atoms with Gasteiger partial charge in [0.1, 0.15) is 5.82 Å². The van der Waals surface area contributed by atoms with Crippen molar-refractivity contribution in [3.05, 3.63) is 70.0 Å². The first-order chi connectivity index (χ1) is 18.5. The lowest BCUT2D eigenvalue weighted by atomic mass is 9.78. The number of aryl methyl sites for hydroxylation is 1. The SMILES string of the molecule is Cc1cc(F)ccc1[C@H]1CN(C(=O)C[C@H](C)O)CC[C@@H]1C(=O)NC[C@@H](C)c1cc(C(F)(F)F)cc(C(F)(F)F)c1. The molecular weight excluding hydrogens is 545 g/mol. The molecule has 0 unspecified atom stereocenters. The summed E-state index contributed by atoms with van der Waals surface area (Å²) in [5.74, 6) is -3.39. The third kappa shape index (κ3) is 7.74. The predicted molar refractivity (Wildman–Crippen MR) is 133 cm³/mol. The fourth-order valence-electron chi connectivity index (χ4n) is 5.01. The summed E-state index contributed by atoms with van der Waals surface area (Å²) in [6.07, 6.45) is -10.7. The average Bonchev–Trinajstić information content (AvgIpc) is 2.85. The van der Waals surface area contributed by atoms with Gasteiger partial charge in [-0.25, -0.2) is 4.39 Å². The van der Waals surface area contributed by atoms with Gasteiger partial charge in [0.05, 0.1) is 23.7 Å². The molecule has 1 heterocycles. The van der Waals surface area contributed by atoms with Gasteiger partial charge in [-0.3, -0.25) is 9.59 Å². The van der Waals surface area contributed by atoms with Gasteiger partial charge in [-0.05, 0) is 73.2 Å². The van der Waals surface area contributed by atoms with E-state index in [-0.39, 0.29) is 50.0 Å². The number of likely N-dealkylation sites (tertiary alicyclic amines) is 1. The molecule has 3 rings (SSSR count). The maximum Gasteiger partial charge on any atom is 0.416 e. The van der Waals surface area contributed by atoms with Gasteiger partial charge in [0, 0.05) is 31.5 Å². The number of aliphatic hydroxyl groups excluding tert-OH is 1. The Hall–Kier alpha value is -3.15. The maximum absolute atomic E-state index is 13.8. The van der Waals surface area contributed by atoms with E-state index in [0.717, 1.165) is 0 Å². The summed E-state index contributed by atoms with van der Waals surface area (Å²) in [6.45, 7) is 4.65. The summed E-state index contributed by atoms with van der Waals surface area (Å²) in [5.41, 5.74) is -1.90. The number of nitrogens with zero attached hydrogens (tertiary/aromatic N) is 1. The summed E-state index contributed by atoms with van der Waals surface area (Å²) in [7, 11) is 0. The van der Waals surface area contributed by atoms with Crippen LogP contribution < -0.4 is 5.32 Å². The monoisotopic (exact) mass is 576 g/mol. The molecule has 0 spiro atoms. The lowest BCUT2D eigenvalue weighted by molar-refractivity contribution is -0.143. The van der Waals surface area contributed by atoms with Crippen LogP contribution in [0.15, 0.2) is 36.4 Å². The minimum atomic E-state index is -4.99. The first-order valence-corrected chi connectivity index (χ1v) is 12.8. The van der Waals surface area contributed by atoms with Crippen LogP contribution in [-0.2, 0) is 21.9 Å². The molecule has 4 atom stereocenters. The van der Waals surface area contributed by atoms with Crippen LogP contribution in [0.4, 0.5) is 30.7 Å². The quantitative estimate of drug-likeness (QED) is 0.410. The van der Waals surface area contributed by atoms with Gasteiger partial charge in [0.25, 0.3) is 0 Å². The van der Waals surface area contributed by atoms with Gasteiger partial charge in [0.15, 0.2) is 0 Å². The molecule has 0 saturated carbocycles. The number of carbonyl (C=O) groups is 2. The van der Waals surface area contributed by atoms with Crippen LogP contribution in [0.5, 0.6) is 0 Å². The standard InChI is InChI=1S/C28H31F7N2O3/c1-15-8-21(29)4-5-22(15)24-14-37(25(39)9-17(3)38)7-6-23(24)26(40)36-13-16(2)18-10-19(27(30,31)32)12-20(11-18)28(33,34)35/h4-5,8,10-12,16-17,23-24,38H,6-7,9,13-14H2,1-3H3,(H,36,40)/t16-,17+,23+,24-/m1/s1. The molecule has 0 radical (unpaired) electrons. The molecule has 0 aromatic heterocycles. The molecule has 40 heavy (non-hydrogen) atoms. The molecule has 220 valence electrons. The Morgan fingerprint density at radius 3 is 2.15 bits per heavy atom. The minimum Gasteiger partial charge on any atom is -0.393 e. The molecule has 0 bridgehead atoms. The van der Waals surface area contributed by atoms with Gasteiger partial charge in [-0.2, -0.15) is 26.3 Å². The Morgan fingerprint density at radius 2 is 1.62 bits per heavy atom. The smallest absolute Gasteiger partial charge is 0.393 e. The number of halogens is 7. The third-order valence-electron chi connectivity index (χ3n) is 7.17. The number of aliphatic hydroxyl groups is 1. The summed E-state index contributed by atoms with van der Waals surface area (Å²) >= 11 is 0. The number of carbonyl (C=O) groups excluding carboxylic acids is 2. The Morgan fingerprint density at radius 1 is 1.02 bits per heavy atom. The van der Waals surface area contributed by atoms with E-state index in [9.17, 15) is 45.4 Å². The average molecular weight is 577 g/mol. The number of piperidine rings is 1. The van der Waals surface area contributed by atoms with Crippen LogP contribution >= 0.6 is 0 Å². The highest BCUT2D eigenvalue weighted by molar-refractivity contribution is 5.81. The van der Waals surface area contributed by atoms with Crippen molar-refractivity contribution in [2.24, 2.45) is 5.92 Å². The Kier molecular flexibility index (Phi) is 9.54. The van der Waals surface area contributed by atoms with Gasteiger partial charge in [-0.1, -0.05) is 13.0 Å². The number of nitrogens with one attached hydrogen (secondary N) is 1. The first-order valence-electron chi connectivity index (χ1n) is 12.8. The number of benzene rings is 2. The molecule has 2 amide bonds. The second-order valence-electron chi connectivity index (χ2n) is 10.4. The maximum atomic E-state index is 13.8. The van der Waals surface area contributed by atoms with Gasteiger partial charge in [-0.15, -0.1) is 0 Å². The number of rotatable bonds is 7. The van der Waals surface area contributed by atoms with Crippen molar-refractivity contribution in [2.75, 3.05) is 19.6 Å². The zero-order valence-corrected chi connectivity index (χ0v) is 22.2. The van der Waals surface area contributed by atoms with Crippen molar-refractivity contribution in [1.82, 2.24) is 10.2 Å². The van der Waals surface area contributed by atoms with E-state index >= 15 is 0 Å². The van der Waals surface area contributed by atoms with Crippen molar-refractivity contribution in [2.45, 2.75) is 63.9 Å². The van der Waals surface area contributed by atoms with Gasteiger partial charge < -0.3 is 15.3 Å². The highest BCUT2D eigenvalue weighted by Crippen LogP contribution is 2.38. The van der Waals surface area contributed by atoms with E-state index < -0.39 is 59.1 Å². The third-order valence-corrected chi connectivity index (χ3v) is 7.17. The van der Waals surface area contributed by atoms with E-state index in [1.54, 1.807) is 6.92 Å². The minimum absolute atomic E-state index is 0.0526. The summed E-state index contributed by atoms with van der Waals surface area (Å²) in [5, 5.41) is 12.3. The van der Waals surface area contributed by atoms with Crippen LogP contribution in [0.1, 0.15) is 66.3 Å². The number of alkyl halides is 6. The topological polar surface area (TPSA) is 69.6 Å². The van der Waals surface area contributed by atoms with Crippen molar-refractivity contribution in [1.29, 1.82) is 0 Å². The first kappa shape index (κ1) is 31.4. The molecular formula is C28H31F7N2O3. The normalized spacial score (nSPS) is 19.7. The molecule has 1 aliphatic rings. The molecule has 2 N–H and O–H groups in total. The van der Waals surface area contributed by atoms with Crippen molar-refractivity contribution >= 4 is 11.8 Å². The van der Waals surface area contributed by atoms with Crippen molar-refractivity contribution < 1.29 is 45.4 Å². The summed E-state index contributed by atoms with van der Waals surface area (Å²) in [4.78, 5) is 27.4. The zero-order valence-electron chi connectivity index (χ0n) is 22.2. The molecule has 0 aliphatic carbocycles. The van der Waals surface area contributed by atoms with Gasteiger partial charge in [0.2, 0.25) is 11.8 Å². The number of hydrogen-bond acceptors (Lipinski definition) is 3. The van der Waals surface area contributed by atoms with Crippen LogP contribution in [0.25, 0.3) is 0 Å². The van der Waals surface area contributed by atoms with E-state index in [4.69, 9.17) is 0 Å². The lowest BCUT2D eigenvalue weighted by Crippen LogP contribution is -2.48. The van der Waals surface area contributed by atoms with Gasteiger partial charge >= 0.3 is 12.4 Å². The molecule has 1 aliphatic heterocycles. The second-order valence-corrected chi connectivity index (χ2v) is 10.4. The highest BCUT2D eigenvalue weighted by Gasteiger charge is 2.39. The van der Waals surface area contributed by atoms with Crippen LogP contribution in [0, 0.1) is 18.7 Å². The summed E-state index contributed by atoms with van der Waals surface area (Å²) < 4.78 is 93.4. The van der Waals surface area contributed by atoms with Crippen LogP contribution in [0.3, 0.4) is 0 Å². The zero-order chi connectivity index (χ0) is 30.0. The number of amides is 2. The number of hydrogen-bond donors (Lipinski definition) is 2. The van der Waals surface area contributed by atoms with Crippen molar-refractivity contribution in [3.63, 3.8) is 0 Å². The fourth-order valence-corrected chi connectivity index (χ4v) is 5.01. The molecule has 1 fully saturated rings. The lowest BCUT2D eigenvalue weighted by Gasteiger charge is -2.39. The van der Waals surface area contributed by atoms with Crippen LogP contribution in [-0.4, -0.2) is 47.6 Å². The Labute approximate surface area is 227 Å². The van der Waals surface area contributed by atoms with E-state index in [2.05, 4.69) is 5.32 Å². The van der Waals surface area contributed by atoms with E-state index in [1.165, 1.54) is 36.9 Å². The molecule has 1 saturated heterocycles. The fraction of sp³-hybridized carbons (Fsp3) is 0.500. The van der Waals surface area contributed by atoms with Crippen LogP contribution in [0.2, 0.25) is 0 Å². The largest absolute Gasteiger partial charge is 0.416 e. The predicted octanol–water partition coefficient (Wildman–Crippen LogP) is 5.79. The molecule has 5 nitrogen and oxygen atoms in total. The van der Waals surface area contributed by atoms with E-state index in [1.807, 2.05) is 0 Å². The van der Waals surface area contributed by atoms with E-state index in [0.29, 0.717) is 23.3 Å². The second kappa shape index (κ2) is 12.2. The molecule has 12 heteroatoms. The Bertz CT molecular complexity index is 1200. The Balaban J connectivity index is 1.82. The molecule has 2 aromatic carbocycles. The molecule has 2 aromatic rings. The summed E-state index contributed by atoms with van der Waals surface area (Å²) in [6, 6.07) is 5.40. The van der Waals surface area contributed by atoms with Crippen molar-refractivity contribution in [3.8, 4) is 0 Å².